The molecule has 2 aromatic carbocycles. The Morgan fingerprint density at radius 2 is 1.62 bits per heavy atom. The highest BCUT2D eigenvalue weighted by atomic mass is 19.4. The molecular formula is C18H19F3N2O. The van der Waals surface area contributed by atoms with Gasteiger partial charge in [-0.3, -0.25) is 10.2 Å². The number of benzene rings is 2. The molecule has 3 rings (SSSR count). The number of hydrogen-bond donors (Lipinski definition) is 1. The molecule has 1 N–H and O–H groups in total. The fourth-order valence-corrected chi connectivity index (χ4v) is 3.31. The van der Waals surface area contributed by atoms with E-state index in [1.807, 2.05) is 26.0 Å². The van der Waals surface area contributed by atoms with Gasteiger partial charge in [0, 0.05) is 13.0 Å². The number of fused-ring (bicyclic) bond motifs is 1. The Morgan fingerprint density at radius 3 is 2.12 bits per heavy atom. The molecule has 0 spiro atoms. The van der Waals surface area contributed by atoms with Crippen molar-refractivity contribution in [2.45, 2.75) is 38.4 Å². The lowest BCUT2D eigenvalue weighted by Crippen LogP contribution is -2.43. The number of nitrogens with one attached hydrogen (secondary N) is 1. The summed E-state index contributed by atoms with van der Waals surface area (Å²) < 4.78 is 41.3. The van der Waals surface area contributed by atoms with E-state index in [1.54, 1.807) is 18.2 Å². The zero-order chi connectivity index (χ0) is 17.5. The number of alkyl halides is 3. The average Bonchev–Trinajstić information content (AvgIpc) is 2.91. The maximum Gasteiger partial charge on any atom is 0.409 e. The lowest BCUT2D eigenvalue weighted by molar-refractivity contribution is -0.190. The van der Waals surface area contributed by atoms with Crippen LogP contribution in [0.5, 0.6) is 0 Å². The van der Waals surface area contributed by atoms with Crippen LogP contribution >= 0.6 is 0 Å². The van der Waals surface area contributed by atoms with Crippen molar-refractivity contribution in [3.05, 3.63) is 47.5 Å². The summed E-state index contributed by atoms with van der Waals surface area (Å²) in [5.41, 5.74) is 3.52. The van der Waals surface area contributed by atoms with E-state index in [4.69, 9.17) is 0 Å². The van der Waals surface area contributed by atoms with Gasteiger partial charge in [0.1, 0.15) is 0 Å². The molecule has 1 aliphatic rings. The number of carbonyl (C=O) groups excluding carboxylic acids is 1. The Balaban J connectivity index is 2.18. The van der Waals surface area contributed by atoms with Gasteiger partial charge >= 0.3 is 6.18 Å². The molecule has 1 saturated heterocycles. The van der Waals surface area contributed by atoms with Crippen molar-refractivity contribution >= 4 is 16.7 Å². The Kier molecular flexibility index (Phi) is 4.25. The Bertz CT molecular complexity index is 770. The van der Waals surface area contributed by atoms with Gasteiger partial charge in [-0.05, 0) is 27.8 Å². The van der Waals surface area contributed by atoms with Crippen molar-refractivity contribution in [3.8, 4) is 0 Å². The molecule has 3 nitrogen and oxygen atoms in total. The van der Waals surface area contributed by atoms with Gasteiger partial charge in [-0.1, -0.05) is 50.2 Å². The van der Waals surface area contributed by atoms with Crippen LogP contribution in [0, 0.1) is 0 Å². The fraction of sp³-hybridized carbons (Fsp3) is 0.389. The summed E-state index contributed by atoms with van der Waals surface area (Å²) in [7, 11) is 0. The van der Waals surface area contributed by atoms with E-state index >= 15 is 0 Å². The van der Waals surface area contributed by atoms with E-state index in [2.05, 4.69) is 5.43 Å². The van der Waals surface area contributed by atoms with Gasteiger partial charge in [-0.2, -0.15) is 13.2 Å². The van der Waals surface area contributed by atoms with E-state index in [1.165, 1.54) is 6.07 Å². The van der Waals surface area contributed by atoms with Crippen LogP contribution in [0.4, 0.5) is 13.2 Å². The normalized spacial score (nSPS) is 17.5. The van der Waals surface area contributed by atoms with Gasteiger partial charge in [0.15, 0.2) is 6.04 Å². The third-order valence-corrected chi connectivity index (χ3v) is 4.38. The predicted molar refractivity (Wildman–Crippen MR) is 86.3 cm³/mol. The van der Waals surface area contributed by atoms with Gasteiger partial charge < -0.3 is 0 Å². The first-order chi connectivity index (χ1) is 11.3. The van der Waals surface area contributed by atoms with Crippen molar-refractivity contribution < 1.29 is 18.0 Å². The minimum atomic E-state index is -4.49. The van der Waals surface area contributed by atoms with E-state index < -0.39 is 12.2 Å². The molecule has 24 heavy (non-hydrogen) atoms. The Labute approximate surface area is 138 Å². The van der Waals surface area contributed by atoms with Crippen LogP contribution in [0.25, 0.3) is 10.8 Å². The monoisotopic (exact) mass is 336 g/mol. The van der Waals surface area contributed by atoms with Crippen molar-refractivity contribution in [2.24, 2.45) is 0 Å². The van der Waals surface area contributed by atoms with Gasteiger partial charge in [0.2, 0.25) is 5.91 Å². The van der Waals surface area contributed by atoms with Crippen molar-refractivity contribution in [1.82, 2.24) is 10.4 Å². The molecule has 128 valence electrons. The molecule has 1 fully saturated rings. The number of nitrogens with zero attached hydrogens (tertiary/aromatic N) is 1. The predicted octanol–water partition coefficient (Wildman–Crippen LogP) is 4.30. The van der Waals surface area contributed by atoms with Crippen LogP contribution in [0.1, 0.15) is 43.4 Å². The molecule has 0 saturated carbocycles. The SMILES string of the molecule is CC(C)c1cccc2c(C(N3CCC(=O)N3)C(F)(F)F)cccc12. The summed E-state index contributed by atoms with van der Waals surface area (Å²) in [4.78, 5) is 11.4. The topological polar surface area (TPSA) is 32.3 Å². The maximum absolute atomic E-state index is 13.8. The quantitative estimate of drug-likeness (QED) is 0.906. The number of rotatable bonds is 3. The maximum atomic E-state index is 13.8. The van der Waals surface area contributed by atoms with Crippen molar-refractivity contribution in [2.75, 3.05) is 6.54 Å². The summed E-state index contributed by atoms with van der Waals surface area (Å²) in [5.74, 6) is -0.174. The lowest BCUT2D eigenvalue weighted by Gasteiger charge is -2.30. The van der Waals surface area contributed by atoms with Crippen LogP contribution in [0.3, 0.4) is 0 Å². The van der Waals surface area contributed by atoms with E-state index in [-0.39, 0.29) is 30.4 Å². The second-order valence-electron chi connectivity index (χ2n) is 6.37. The standard InChI is InChI=1S/C18H19F3N2O/c1-11(2)12-5-3-7-14-13(12)6-4-8-15(14)17(18(19,20)21)23-10-9-16(24)22-23/h3-8,11,17H,9-10H2,1-2H3,(H,22,24). The molecule has 0 radical (unpaired) electrons. The van der Waals surface area contributed by atoms with Gasteiger partial charge in [0.05, 0.1) is 0 Å². The minimum absolute atomic E-state index is 0.0449. The molecule has 1 atom stereocenters. The highest BCUT2D eigenvalue weighted by Gasteiger charge is 2.47. The molecule has 0 bridgehead atoms. The number of amides is 1. The first-order valence-corrected chi connectivity index (χ1v) is 7.93. The zero-order valence-corrected chi connectivity index (χ0v) is 13.5. The van der Waals surface area contributed by atoms with Gasteiger partial charge in [0.25, 0.3) is 0 Å². The first kappa shape index (κ1) is 16.8. The third-order valence-electron chi connectivity index (χ3n) is 4.38. The molecular weight excluding hydrogens is 317 g/mol. The largest absolute Gasteiger partial charge is 0.409 e. The highest BCUT2D eigenvalue weighted by Crippen LogP contribution is 2.41. The first-order valence-electron chi connectivity index (χ1n) is 7.93. The van der Waals surface area contributed by atoms with E-state index in [9.17, 15) is 18.0 Å². The minimum Gasteiger partial charge on any atom is -0.288 e. The number of hydrazine groups is 1. The highest BCUT2D eigenvalue weighted by molar-refractivity contribution is 5.89. The van der Waals surface area contributed by atoms with Crippen LogP contribution < -0.4 is 5.43 Å². The van der Waals surface area contributed by atoms with Crippen LogP contribution in [-0.2, 0) is 4.79 Å². The number of hydrogen-bond acceptors (Lipinski definition) is 2. The van der Waals surface area contributed by atoms with Gasteiger partial charge in [-0.25, -0.2) is 5.01 Å². The van der Waals surface area contributed by atoms with E-state index in [0.717, 1.165) is 16.0 Å². The van der Waals surface area contributed by atoms with Crippen LogP contribution in [-0.4, -0.2) is 23.6 Å². The molecule has 0 aliphatic carbocycles. The lowest BCUT2D eigenvalue weighted by atomic mass is 9.91. The smallest absolute Gasteiger partial charge is 0.288 e. The summed E-state index contributed by atoms with van der Waals surface area (Å²) in [6.07, 6.45) is -4.41. The molecule has 1 unspecified atom stereocenters. The molecule has 1 heterocycles. The summed E-state index contributed by atoms with van der Waals surface area (Å²) in [5, 5.41) is 2.40. The second-order valence-corrected chi connectivity index (χ2v) is 6.37. The number of halogens is 3. The second kappa shape index (κ2) is 6.09. The summed E-state index contributed by atoms with van der Waals surface area (Å²) in [6.45, 7) is 4.08. The molecule has 0 aromatic heterocycles. The van der Waals surface area contributed by atoms with Gasteiger partial charge in [-0.15, -0.1) is 0 Å². The van der Waals surface area contributed by atoms with Crippen molar-refractivity contribution in [3.63, 3.8) is 0 Å². The third kappa shape index (κ3) is 2.98. The average molecular weight is 336 g/mol. The van der Waals surface area contributed by atoms with Crippen LogP contribution in [0.15, 0.2) is 36.4 Å². The number of carbonyl (C=O) groups is 1. The van der Waals surface area contributed by atoms with Crippen LogP contribution in [0.2, 0.25) is 0 Å². The molecule has 2 aromatic rings. The fourth-order valence-electron chi connectivity index (χ4n) is 3.31. The zero-order valence-electron chi connectivity index (χ0n) is 13.5. The molecule has 6 heteroatoms. The Morgan fingerprint density at radius 1 is 1.04 bits per heavy atom. The van der Waals surface area contributed by atoms with E-state index in [0.29, 0.717) is 5.39 Å². The summed E-state index contributed by atoms with van der Waals surface area (Å²) >= 11 is 0. The molecule has 1 aliphatic heterocycles. The summed E-state index contributed by atoms with van der Waals surface area (Å²) in [6, 6.07) is 8.59. The molecule has 1 amide bonds. The Hall–Kier alpha value is -2.08. The van der Waals surface area contributed by atoms with Crippen molar-refractivity contribution in [1.29, 1.82) is 0 Å².